The number of nitrogens with zero attached hydrogens (tertiary/aromatic N) is 4. The number of carbonyl (C=O) groups is 1. The first-order valence-corrected chi connectivity index (χ1v) is 7.38. The van der Waals surface area contributed by atoms with Gasteiger partial charge in [-0.3, -0.25) is 9.78 Å². The van der Waals surface area contributed by atoms with Crippen molar-refractivity contribution < 1.29 is 9.18 Å². The number of halogens is 1. The molecule has 2 aromatic heterocycles. The number of rotatable bonds is 5. The summed E-state index contributed by atoms with van der Waals surface area (Å²) in [6.45, 7) is 6.71. The third-order valence-electron chi connectivity index (χ3n) is 3.37. The molecular weight excluding hydrogens is 283 g/mol. The van der Waals surface area contributed by atoms with Crippen LogP contribution >= 0.6 is 0 Å². The van der Waals surface area contributed by atoms with Gasteiger partial charge in [-0.05, 0) is 39.3 Å². The van der Waals surface area contributed by atoms with Gasteiger partial charge in [0.15, 0.2) is 5.67 Å². The van der Waals surface area contributed by atoms with E-state index in [1.54, 1.807) is 23.3 Å². The van der Waals surface area contributed by atoms with Crippen LogP contribution in [0.4, 0.5) is 10.1 Å². The molecule has 0 unspecified atom stereocenters. The van der Waals surface area contributed by atoms with E-state index in [9.17, 15) is 9.18 Å². The van der Waals surface area contributed by atoms with Crippen LogP contribution in [0.15, 0.2) is 30.7 Å². The highest BCUT2D eigenvalue weighted by Crippen LogP contribution is 2.25. The van der Waals surface area contributed by atoms with Crippen LogP contribution in [0.2, 0.25) is 0 Å². The van der Waals surface area contributed by atoms with Crippen LogP contribution in [0.1, 0.15) is 33.4 Å². The van der Waals surface area contributed by atoms with Crippen molar-refractivity contribution in [1.82, 2.24) is 14.8 Å². The number of amides is 1. The first kappa shape index (κ1) is 16.1. The Balaban J connectivity index is 2.46. The number of hydrogen-bond donors (Lipinski definition) is 0. The third kappa shape index (κ3) is 3.16. The van der Waals surface area contributed by atoms with E-state index in [1.165, 1.54) is 18.7 Å². The summed E-state index contributed by atoms with van der Waals surface area (Å²) in [5.41, 5.74) is 0.275. The zero-order chi connectivity index (χ0) is 16.3. The van der Waals surface area contributed by atoms with E-state index in [-0.39, 0.29) is 0 Å². The Kier molecular flexibility index (Phi) is 4.59. The molecule has 1 amide bonds. The molecule has 2 rings (SSSR count). The molecule has 118 valence electrons. The lowest BCUT2D eigenvalue weighted by molar-refractivity contribution is -0.127. The molecule has 0 aliphatic rings. The van der Waals surface area contributed by atoms with Gasteiger partial charge in [-0.2, -0.15) is 5.10 Å². The minimum absolute atomic E-state index is 0.387. The molecule has 0 fully saturated rings. The molecule has 0 spiro atoms. The maximum atomic E-state index is 14.0. The van der Waals surface area contributed by atoms with Crippen molar-refractivity contribution in [2.45, 2.75) is 39.8 Å². The number of aryl methyl sites for hydroxylation is 1. The Morgan fingerprint density at radius 2 is 2.14 bits per heavy atom. The van der Waals surface area contributed by atoms with Crippen molar-refractivity contribution in [3.05, 3.63) is 36.4 Å². The van der Waals surface area contributed by atoms with Crippen LogP contribution < -0.4 is 4.90 Å². The quantitative estimate of drug-likeness (QED) is 0.853. The van der Waals surface area contributed by atoms with E-state index >= 15 is 0 Å². The lowest BCUT2D eigenvalue weighted by atomic mass is 10.1. The van der Waals surface area contributed by atoms with Gasteiger partial charge in [0.2, 0.25) is 0 Å². The summed E-state index contributed by atoms with van der Waals surface area (Å²) < 4.78 is 15.7. The Morgan fingerprint density at radius 3 is 2.64 bits per heavy atom. The Morgan fingerprint density at radius 1 is 1.41 bits per heavy atom. The van der Waals surface area contributed by atoms with Crippen molar-refractivity contribution in [3.63, 3.8) is 0 Å². The van der Waals surface area contributed by atoms with E-state index in [0.29, 0.717) is 18.7 Å². The molecule has 2 heterocycles. The van der Waals surface area contributed by atoms with Gasteiger partial charge in [0.1, 0.15) is 0 Å². The summed E-state index contributed by atoms with van der Waals surface area (Å²) in [7, 11) is 0. The molecule has 0 aromatic carbocycles. The summed E-state index contributed by atoms with van der Waals surface area (Å²) in [6, 6.07) is 3.69. The van der Waals surface area contributed by atoms with Crippen molar-refractivity contribution in [3.8, 4) is 5.69 Å². The van der Waals surface area contributed by atoms with Crippen molar-refractivity contribution in [1.29, 1.82) is 0 Å². The Hall–Kier alpha value is -2.24. The number of pyridine rings is 1. The zero-order valence-electron chi connectivity index (χ0n) is 13.4. The number of aromatic nitrogens is 3. The summed E-state index contributed by atoms with van der Waals surface area (Å²) in [5, 5.41) is 4.49. The van der Waals surface area contributed by atoms with E-state index < -0.39 is 11.6 Å². The third-order valence-corrected chi connectivity index (χ3v) is 3.37. The topological polar surface area (TPSA) is 51.0 Å². The molecule has 0 N–H and O–H groups in total. The fourth-order valence-electron chi connectivity index (χ4n) is 2.24. The Bertz CT molecular complexity index is 646. The average molecular weight is 304 g/mol. The smallest absolute Gasteiger partial charge is 0.264 e. The maximum Gasteiger partial charge on any atom is 0.264 e. The van der Waals surface area contributed by atoms with Crippen molar-refractivity contribution >= 4 is 11.6 Å². The Labute approximate surface area is 129 Å². The molecule has 0 aliphatic carbocycles. The average Bonchev–Trinajstić information content (AvgIpc) is 2.92. The summed E-state index contributed by atoms with van der Waals surface area (Å²) in [6.07, 6.45) is 5.78. The minimum atomic E-state index is -1.92. The van der Waals surface area contributed by atoms with Crippen LogP contribution in [-0.4, -0.2) is 32.9 Å². The number of hydrogen-bond acceptors (Lipinski definition) is 3. The standard InChI is InChI=1S/C16H21FN4O/c1-5-13-14(20(6-2)15(22)16(3,4)17)11-21(19-13)12-8-7-9-18-10-12/h7-11H,5-6H2,1-4H3. The van der Waals surface area contributed by atoms with Crippen molar-refractivity contribution in [2.75, 3.05) is 11.4 Å². The first-order chi connectivity index (χ1) is 10.4. The van der Waals surface area contributed by atoms with Crippen LogP contribution in [0.25, 0.3) is 5.69 Å². The molecular formula is C16H21FN4O. The first-order valence-electron chi connectivity index (χ1n) is 7.38. The van der Waals surface area contributed by atoms with E-state index in [2.05, 4.69) is 10.1 Å². The van der Waals surface area contributed by atoms with E-state index in [4.69, 9.17) is 0 Å². The monoisotopic (exact) mass is 304 g/mol. The molecule has 0 saturated carbocycles. The van der Waals surface area contributed by atoms with E-state index in [0.717, 1.165) is 11.4 Å². The highest BCUT2D eigenvalue weighted by molar-refractivity contribution is 5.99. The molecule has 0 bridgehead atoms. The molecule has 22 heavy (non-hydrogen) atoms. The summed E-state index contributed by atoms with van der Waals surface area (Å²) in [5.74, 6) is -0.560. The highest BCUT2D eigenvalue weighted by Gasteiger charge is 2.33. The normalized spacial score (nSPS) is 11.5. The SMILES string of the molecule is CCc1nn(-c2cccnc2)cc1N(CC)C(=O)C(C)(C)F. The van der Waals surface area contributed by atoms with Crippen molar-refractivity contribution in [2.24, 2.45) is 0 Å². The fourth-order valence-corrected chi connectivity index (χ4v) is 2.24. The van der Waals surface area contributed by atoms with Gasteiger partial charge in [-0.15, -0.1) is 0 Å². The molecule has 6 heteroatoms. The number of carbonyl (C=O) groups excluding carboxylic acids is 1. The van der Waals surface area contributed by atoms with Crippen LogP contribution in [-0.2, 0) is 11.2 Å². The molecule has 0 saturated heterocycles. The zero-order valence-corrected chi connectivity index (χ0v) is 13.4. The summed E-state index contributed by atoms with van der Waals surface area (Å²) >= 11 is 0. The fraction of sp³-hybridized carbons (Fsp3) is 0.438. The maximum absolute atomic E-state index is 14.0. The second-order valence-electron chi connectivity index (χ2n) is 5.49. The second-order valence-corrected chi connectivity index (χ2v) is 5.49. The van der Waals surface area contributed by atoms with Crippen LogP contribution in [0.3, 0.4) is 0 Å². The van der Waals surface area contributed by atoms with Crippen LogP contribution in [0.5, 0.6) is 0 Å². The van der Waals surface area contributed by atoms with Crippen LogP contribution in [0, 0.1) is 0 Å². The second kappa shape index (κ2) is 6.25. The minimum Gasteiger partial charge on any atom is -0.307 e. The lowest BCUT2D eigenvalue weighted by Crippen LogP contribution is -2.43. The predicted octanol–water partition coefficient (Wildman–Crippen LogP) is 2.93. The van der Waals surface area contributed by atoms with Gasteiger partial charge >= 0.3 is 0 Å². The van der Waals surface area contributed by atoms with Gasteiger partial charge in [0, 0.05) is 12.7 Å². The van der Waals surface area contributed by atoms with Gasteiger partial charge < -0.3 is 4.90 Å². The largest absolute Gasteiger partial charge is 0.307 e. The highest BCUT2D eigenvalue weighted by atomic mass is 19.1. The van der Waals surface area contributed by atoms with Gasteiger partial charge in [0.05, 0.1) is 29.5 Å². The number of alkyl halides is 1. The molecule has 0 aliphatic heterocycles. The predicted molar refractivity (Wildman–Crippen MR) is 84.0 cm³/mol. The lowest BCUT2D eigenvalue weighted by Gasteiger charge is -2.25. The number of anilines is 1. The van der Waals surface area contributed by atoms with E-state index in [1.807, 2.05) is 26.0 Å². The molecule has 0 radical (unpaired) electrons. The van der Waals surface area contributed by atoms with Gasteiger partial charge in [-0.25, -0.2) is 9.07 Å². The van der Waals surface area contributed by atoms with Gasteiger partial charge in [0.25, 0.3) is 5.91 Å². The van der Waals surface area contributed by atoms with Gasteiger partial charge in [-0.1, -0.05) is 6.92 Å². The summed E-state index contributed by atoms with van der Waals surface area (Å²) in [4.78, 5) is 17.8. The molecule has 0 atom stereocenters. The molecule has 2 aromatic rings. The molecule has 5 nitrogen and oxygen atoms in total.